The Kier molecular flexibility index (Phi) is 3.70. The molecule has 0 saturated carbocycles. The van der Waals surface area contributed by atoms with Crippen LogP contribution in [0.25, 0.3) is 0 Å². The zero-order valence-electron chi connectivity index (χ0n) is 8.14. The van der Waals surface area contributed by atoms with Gasteiger partial charge >= 0.3 is 0 Å². The Morgan fingerprint density at radius 1 is 1.31 bits per heavy atom. The van der Waals surface area contributed by atoms with Crippen LogP contribution in [0.15, 0.2) is 34.7 Å². The van der Waals surface area contributed by atoms with Gasteiger partial charge in [0.1, 0.15) is 11.6 Å². The Morgan fingerprint density at radius 2 is 2.12 bits per heavy atom. The third-order valence-electron chi connectivity index (χ3n) is 2.01. The highest BCUT2D eigenvalue weighted by Gasteiger charge is 2.03. The first kappa shape index (κ1) is 11.7. The molecule has 0 saturated heterocycles. The molecule has 5 heteroatoms. The van der Waals surface area contributed by atoms with Gasteiger partial charge < -0.3 is 9.73 Å². The number of hydrogen-bond donors (Lipinski definition) is 1. The van der Waals surface area contributed by atoms with Gasteiger partial charge in [0.05, 0.1) is 6.54 Å². The van der Waals surface area contributed by atoms with Crippen molar-refractivity contribution >= 4 is 39.9 Å². The largest absolute Gasteiger partial charge is 0.448 e. The van der Waals surface area contributed by atoms with Crippen molar-refractivity contribution in [2.45, 2.75) is 6.54 Å². The van der Waals surface area contributed by atoms with Crippen LogP contribution in [0.4, 0.5) is 10.1 Å². The first-order chi connectivity index (χ1) is 7.65. The van der Waals surface area contributed by atoms with Crippen LogP contribution >= 0.6 is 34.2 Å². The molecule has 0 fully saturated rings. The average Bonchev–Trinajstić information content (AvgIpc) is 2.63. The third-order valence-corrected chi connectivity index (χ3v) is 3.11. The van der Waals surface area contributed by atoms with Crippen LogP contribution in [0.5, 0.6) is 0 Å². The molecule has 1 aromatic heterocycles. The number of hydrogen-bond acceptors (Lipinski definition) is 2. The highest BCUT2D eigenvalue weighted by Crippen LogP contribution is 2.20. The van der Waals surface area contributed by atoms with Crippen molar-refractivity contribution in [3.05, 3.63) is 50.7 Å². The highest BCUT2D eigenvalue weighted by atomic mass is 127. The summed E-state index contributed by atoms with van der Waals surface area (Å²) in [6.07, 6.45) is 0. The van der Waals surface area contributed by atoms with E-state index in [1.54, 1.807) is 18.2 Å². The van der Waals surface area contributed by atoms with E-state index in [2.05, 4.69) is 27.9 Å². The van der Waals surface area contributed by atoms with Crippen molar-refractivity contribution in [1.82, 2.24) is 0 Å². The van der Waals surface area contributed by atoms with Crippen LogP contribution in [0.2, 0.25) is 5.22 Å². The summed E-state index contributed by atoms with van der Waals surface area (Å²) < 4.78 is 18.9. The molecule has 16 heavy (non-hydrogen) atoms. The number of nitrogens with one attached hydrogen (secondary N) is 1. The predicted octanol–water partition coefficient (Wildman–Crippen LogP) is 4.29. The van der Waals surface area contributed by atoms with Crippen LogP contribution in [0, 0.1) is 9.39 Å². The smallest absolute Gasteiger partial charge is 0.193 e. The van der Waals surface area contributed by atoms with E-state index in [-0.39, 0.29) is 5.82 Å². The van der Waals surface area contributed by atoms with E-state index < -0.39 is 0 Å². The molecule has 0 bridgehead atoms. The lowest BCUT2D eigenvalue weighted by molar-refractivity contribution is 0.520. The summed E-state index contributed by atoms with van der Waals surface area (Å²) in [4.78, 5) is 0. The molecule has 0 radical (unpaired) electrons. The van der Waals surface area contributed by atoms with E-state index in [9.17, 15) is 4.39 Å². The van der Waals surface area contributed by atoms with Crippen LogP contribution in [-0.2, 0) is 6.54 Å². The van der Waals surface area contributed by atoms with E-state index in [4.69, 9.17) is 16.0 Å². The molecule has 84 valence electrons. The number of halogens is 3. The number of anilines is 1. The Balaban J connectivity index is 2.04. The van der Waals surface area contributed by atoms with Gasteiger partial charge in [-0.25, -0.2) is 4.39 Å². The molecule has 0 aliphatic heterocycles. The fraction of sp³-hybridized carbons (Fsp3) is 0.0909. The second-order valence-electron chi connectivity index (χ2n) is 3.18. The maximum Gasteiger partial charge on any atom is 0.193 e. The van der Waals surface area contributed by atoms with Crippen molar-refractivity contribution < 1.29 is 8.81 Å². The van der Waals surface area contributed by atoms with E-state index >= 15 is 0 Å². The fourth-order valence-electron chi connectivity index (χ4n) is 1.26. The monoisotopic (exact) mass is 351 g/mol. The quantitative estimate of drug-likeness (QED) is 0.835. The minimum absolute atomic E-state index is 0.240. The van der Waals surface area contributed by atoms with E-state index in [0.717, 1.165) is 15.0 Å². The van der Waals surface area contributed by atoms with Crippen molar-refractivity contribution in [1.29, 1.82) is 0 Å². The summed E-state index contributed by atoms with van der Waals surface area (Å²) >= 11 is 7.72. The molecule has 0 aliphatic carbocycles. The van der Waals surface area contributed by atoms with Gasteiger partial charge in [-0.1, -0.05) is 0 Å². The Labute approximate surface area is 111 Å². The number of benzene rings is 1. The summed E-state index contributed by atoms with van der Waals surface area (Å²) in [6, 6.07) is 8.07. The summed E-state index contributed by atoms with van der Waals surface area (Å²) in [5, 5.41) is 3.51. The molecule has 0 amide bonds. The molecule has 2 aromatic rings. The van der Waals surface area contributed by atoms with Crippen molar-refractivity contribution in [2.24, 2.45) is 0 Å². The highest BCUT2D eigenvalue weighted by molar-refractivity contribution is 14.1. The van der Waals surface area contributed by atoms with Gasteiger partial charge in [0.25, 0.3) is 0 Å². The van der Waals surface area contributed by atoms with E-state index in [1.807, 2.05) is 0 Å². The lowest BCUT2D eigenvalue weighted by Gasteiger charge is -2.06. The zero-order valence-corrected chi connectivity index (χ0v) is 11.0. The maximum absolute atomic E-state index is 12.8. The molecule has 0 atom stereocenters. The fourth-order valence-corrected chi connectivity index (χ4v) is 2.09. The molecule has 1 heterocycles. The van der Waals surface area contributed by atoms with Crippen LogP contribution < -0.4 is 5.32 Å². The maximum atomic E-state index is 12.8. The van der Waals surface area contributed by atoms with Crippen molar-refractivity contribution in [3.63, 3.8) is 0 Å². The molecular weight excluding hydrogens is 343 g/mol. The van der Waals surface area contributed by atoms with Gasteiger partial charge in [-0.05, 0) is 64.5 Å². The molecule has 0 spiro atoms. The molecule has 2 rings (SSSR count). The van der Waals surface area contributed by atoms with Gasteiger partial charge in [-0.2, -0.15) is 0 Å². The second-order valence-corrected chi connectivity index (χ2v) is 4.72. The van der Waals surface area contributed by atoms with Crippen molar-refractivity contribution in [3.8, 4) is 0 Å². The molecule has 1 N–H and O–H groups in total. The number of rotatable bonds is 3. The predicted molar refractivity (Wildman–Crippen MR) is 70.2 cm³/mol. The zero-order chi connectivity index (χ0) is 11.5. The first-order valence-corrected chi connectivity index (χ1v) is 6.04. The third kappa shape index (κ3) is 2.89. The topological polar surface area (TPSA) is 25.2 Å². The average molecular weight is 352 g/mol. The summed E-state index contributed by atoms with van der Waals surface area (Å²) in [5.74, 6) is 0.501. The second kappa shape index (κ2) is 5.05. The van der Waals surface area contributed by atoms with Gasteiger partial charge in [0.2, 0.25) is 0 Å². The molecular formula is C11H8ClFINO. The standard InChI is InChI=1S/C11H8ClFINO/c12-11-4-2-8(16-11)6-15-10-3-1-7(13)5-9(10)14/h1-5,15H,6H2. The Hall–Kier alpha value is -0.750. The number of furan rings is 1. The van der Waals surface area contributed by atoms with Gasteiger partial charge in [0, 0.05) is 9.26 Å². The van der Waals surface area contributed by atoms with E-state index in [1.165, 1.54) is 12.1 Å². The molecule has 0 aliphatic rings. The van der Waals surface area contributed by atoms with E-state index in [0.29, 0.717) is 11.8 Å². The lowest BCUT2D eigenvalue weighted by Crippen LogP contribution is -2.00. The van der Waals surface area contributed by atoms with Crippen LogP contribution in [-0.4, -0.2) is 0 Å². The van der Waals surface area contributed by atoms with Gasteiger partial charge in [0.15, 0.2) is 5.22 Å². The summed E-state index contributed by atoms with van der Waals surface area (Å²) in [7, 11) is 0. The lowest BCUT2D eigenvalue weighted by atomic mass is 10.3. The minimum Gasteiger partial charge on any atom is -0.448 e. The molecule has 0 unspecified atom stereocenters. The van der Waals surface area contributed by atoms with Crippen molar-refractivity contribution in [2.75, 3.05) is 5.32 Å². The normalized spacial score (nSPS) is 10.4. The van der Waals surface area contributed by atoms with Crippen LogP contribution in [0.1, 0.15) is 5.76 Å². The first-order valence-electron chi connectivity index (χ1n) is 4.58. The molecule has 2 nitrogen and oxygen atoms in total. The SMILES string of the molecule is Fc1ccc(NCc2ccc(Cl)o2)c(I)c1. The Morgan fingerprint density at radius 3 is 2.75 bits per heavy atom. The summed E-state index contributed by atoms with van der Waals surface area (Å²) in [6.45, 7) is 0.522. The summed E-state index contributed by atoms with van der Waals surface area (Å²) in [5.41, 5.74) is 0.870. The van der Waals surface area contributed by atoms with Gasteiger partial charge in [-0.15, -0.1) is 0 Å². The van der Waals surface area contributed by atoms with Crippen LogP contribution in [0.3, 0.4) is 0 Å². The minimum atomic E-state index is -0.240. The molecule has 1 aromatic carbocycles. The Bertz CT molecular complexity index is 500. The van der Waals surface area contributed by atoms with Gasteiger partial charge in [-0.3, -0.25) is 0 Å².